The van der Waals surface area contributed by atoms with Gasteiger partial charge in [0, 0.05) is 24.3 Å². The van der Waals surface area contributed by atoms with Gasteiger partial charge in [-0.1, -0.05) is 26.0 Å². The van der Waals surface area contributed by atoms with Crippen molar-refractivity contribution in [2.75, 3.05) is 5.32 Å². The minimum absolute atomic E-state index is 0.104. The number of rotatable bonds is 4. The van der Waals surface area contributed by atoms with Crippen LogP contribution in [0.2, 0.25) is 0 Å². The Hall–Kier alpha value is -2.69. The normalized spacial score (nSPS) is 14.2. The van der Waals surface area contributed by atoms with Gasteiger partial charge < -0.3 is 5.32 Å². The molecule has 5 nitrogen and oxygen atoms in total. The Morgan fingerprint density at radius 1 is 1.23 bits per heavy atom. The lowest BCUT2D eigenvalue weighted by Gasteiger charge is -2.10. The van der Waals surface area contributed by atoms with Crippen molar-refractivity contribution in [2.45, 2.75) is 45.4 Å². The molecule has 0 atom stereocenters. The number of benzene rings is 1. The number of pyridine rings is 1. The van der Waals surface area contributed by atoms with Crippen LogP contribution in [0.15, 0.2) is 30.3 Å². The second kappa shape index (κ2) is 6.24. The molecule has 3 aromatic rings. The summed E-state index contributed by atoms with van der Waals surface area (Å²) in [5, 5.41) is 8.34. The fourth-order valence-corrected chi connectivity index (χ4v) is 3.38. The number of amides is 1. The van der Waals surface area contributed by atoms with E-state index in [1.807, 2.05) is 32.2 Å². The molecule has 0 aliphatic heterocycles. The molecule has 1 N–H and O–H groups in total. The van der Waals surface area contributed by atoms with Crippen molar-refractivity contribution in [1.82, 2.24) is 14.8 Å². The van der Waals surface area contributed by atoms with E-state index in [1.54, 1.807) is 4.68 Å². The van der Waals surface area contributed by atoms with E-state index in [9.17, 15) is 4.79 Å². The minimum atomic E-state index is -0.104. The van der Waals surface area contributed by atoms with Gasteiger partial charge in [0.25, 0.3) is 5.91 Å². The molecule has 1 amide bonds. The summed E-state index contributed by atoms with van der Waals surface area (Å²) < 4.78 is 1.77. The fraction of sp³-hybridized carbons (Fsp3) is 0.381. The van der Waals surface area contributed by atoms with Crippen molar-refractivity contribution in [3.05, 3.63) is 52.8 Å². The number of aromatic nitrogens is 3. The zero-order valence-electron chi connectivity index (χ0n) is 15.7. The quantitative estimate of drug-likeness (QED) is 0.753. The van der Waals surface area contributed by atoms with Crippen LogP contribution in [0.25, 0.3) is 11.0 Å². The summed E-state index contributed by atoms with van der Waals surface area (Å²) in [6.45, 7) is 6.24. The highest BCUT2D eigenvalue weighted by Gasteiger charge is 2.28. The number of anilines is 1. The summed E-state index contributed by atoms with van der Waals surface area (Å²) in [4.78, 5) is 17.8. The zero-order valence-corrected chi connectivity index (χ0v) is 15.7. The largest absolute Gasteiger partial charge is 0.322 e. The molecule has 1 saturated carbocycles. The van der Waals surface area contributed by atoms with Crippen molar-refractivity contribution in [3.8, 4) is 0 Å². The van der Waals surface area contributed by atoms with E-state index in [0.29, 0.717) is 17.4 Å². The standard InChI is InChI=1S/C21H24N4O/c1-12(2)14-7-9-16(10-8-14)22-21(26)17-11-18(15-5-6-15)23-20-19(17)13(3)24-25(20)4/h7-12,15H,5-6H2,1-4H3,(H,22,26). The maximum Gasteiger partial charge on any atom is 0.256 e. The van der Waals surface area contributed by atoms with Gasteiger partial charge >= 0.3 is 0 Å². The van der Waals surface area contributed by atoms with Gasteiger partial charge in [-0.05, 0) is 49.4 Å². The SMILES string of the molecule is Cc1nn(C)c2nc(C3CC3)cc(C(=O)Nc3ccc(C(C)C)cc3)c12. The molecule has 0 bridgehead atoms. The molecule has 0 unspecified atom stereocenters. The van der Waals surface area contributed by atoms with Crippen molar-refractivity contribution in [1.29, 1.82) is 0 Å². The zero-order chi connectivity index (χ0) is 18.4. The van der Waals surface area contributed by atoms with Crippen LogP contribution in [-0.4, -0.2) is 20.7 Å². The summed E-state index contributed by atoms with van der Waals surface area (Å²) in [7, 11) is 1.88. The Bertz CT molecular complexity index is 981. The number of aryl methyl sites for hydroxylation is 2. The van der Waals surface area contributed by atoms with Crippen LogP contribution >= 0.6 is 0 Å². The molecule has 134 valence electrons. The van der Waals surface area contributed by atoms with Gasteiger partial charge in [0.15, 0.2) is 5.65 Å². The van der Waals surface area contributed by atoms with Gasteiger partial charge in [-0.2, -0.15) is 5.10 Å². The van der Waals surface area contributed by atoms with Crippen molar-refractivity contribution < 1.29 is 4.79 Å². The number of fused-ring (bicyclic) bond motifs is 1. The van der Waals surface area contributed by atoms with Crippen molar-refractivity contribution >= 4 is 22.6 Å². The third-order valence-electron chi connectivity index (χ3n) is 5.06. The molecule has 1 aliphatic rings. The Morgan fingerprint density at radius 3 is 2.54 bits per heavy atom. The van der Waals surface area contributed by atoms with Crippen molar-refractivity contribution in [2.24, 2.45) is 7.05 Å². The van der Waals surface area contributed by atoms with Gasteiger partial charge in [0.05, 0.1) is 16.6 Å². The Kier molecular flexibility index (Phi) is 4.02. The predicted octanol–water partition coefficient (Wildman–Crippen LogP) is 4.53. The predicted molar refractivity (Wildman–Crippen MR) is 104 cm³/mol. The maximum absolute atomic E-state index is 13.0. The monoisotopic (exact) mass is 348 g/mol. The lowest BCUT2D eigenvalue weighted by molar-refractivity contribution is 0.102. The van der Waals surface area contributed by atoms with Gasteiger partial charge in [0.2, 0.25) is 0 Å². The molecule has 0 spiro atoms. The molecule has 1 aromatic carbocycles. The number of nitrogens with one attached hydrogen (secondary N) is 1. The second-order valence-corrected chi connectivity index (χ2v) is 7.51. The first kappa shape index (κ1) is 16.8. The third-order valence-corrected chi connectivity index (χ3v) is 5.06. The molecule has 1 aliphatic carbocycles. The van der Waals surface area contributed by atoms with Gasteiger partial charge in [-0.3, -0.25) is 9.48 Å². The van der Waals surface area contributed by atoms with Crippen molar-refractivity contribution in [3.63, 3.8) is 0 Å². The average Bonchev–Trinajstić information content (AvgIpc) is 3.42. The van der Waals surface area contributed by atoms with Gasteiger partial charge in [-0.25, -0.2) is 4.98 Å². The highest BCUT2D eigenvalue weighted by atomic mass is 16.1. The lowest BCUT2D eigenvalue weighted by atomic mass is 10.0. The Labute approximate surface area is 153 Å². The Morgan fingerprint density at radius 2 is 1.92 bits per heavy atom. The molecule has 2 aromatic heterocycles. The molecule has 5 heteroatoms. The highest BCUT2D eigenvalue weighted by molar-refractivity contribution is 6.12. The van der Waals surface area contributed by atoms with Crippen LogP contribution < -0.4 is 5.32 Å². The van der Waals surface area contributed by atoms with E-state index in [1.165, 1.54) is 5.56 Å². The molecule has 0 saturated heterocycles. The first-order valence-corrected chi connectivity index (χ1v) is 9.19. The van der Waals surface area contributed by atoms with E-state index in [0.717, 1.165) is 41.0 Å². The first-order chi connectivity index (χ1) is 12.4. The molecule has 2 heterocycles. The van der Waals surface area contributed by atoms with E-state index in [4.69, 9.17) is 4.98 Å². The topological polar surface area (TPSA) is 59.8 Å². The average molecular weight is 348 g/mol. The van der Waals surface area contributed by atoms with Crippen LogP contribution in [0.5, 0.6) is 0 Å². The number of hydrogen-bond acceptors (Lipinski definition) is 3. The summed E-state index contributed by atoms with van der Waals surface area (Å²) in [6.07, 6.45) is 2.29. The lowest BCUT2D eigenvalue weighted by Crippen LogP contribution is -2.13. The molecular formula is C21H24N4O. The highest BCUT2D eigenvalue weighted by Crippen LogP contribution is 2.40. The van der Waals surface area contributed by atoms with Crippen LogP contribution in [0.4, 0.5) is 5.69 Å². The number of carbonyl (C=O) groups excluding carboxylic acids is 1. The molecule has 26 heavy (non-hydrogen) atoms. The van der Waals surface area contributed by atoms with Gasteiger partial charge in [-0.15, -0.1) is 0 Å². The molecule has 0 radical (unpaired) electrons. The number of carbonyl (C=O) groups is 1. The second-order valence-electron chi connectivity index (χ2n) is 7.51. The van der Waals surface area contributed by atoms with E-state index in [-0.39, 0.29) is 5.91 Å². The summed E-state index contributed by atoms with van der Waals surface area (Å²) in [5.41, 5.74) is 5.34. The Balaban J connectivity index is 1.71. The van der Waals surface area contributed by atoms with Crippen LogP contribution in [0.1, 0.15) is 65.8 Å². The number of hydrogen-bond donors (Lipinski definition) is 1. The number of nitrogens with zero attached hydrogens (tertiary/aromatic N) is 3. The molecule has 1 fully saturated rings. The first-order valence-electron chi connectivity index (χ1n) is 9.19. The van der Waals surface area contributed by atoms with E-state index in [2.05, 4.69) is 36.4 Å². The minimum Gasteiger partial charge on any atom is -0.322 e. The maximum atomic E-state index is 13.0. The van der Waals surface area contributed by atoms with Gasteiger partial charge in [0.1, 0.15) is 0 Å². The van der Waals surface area contributed by atoms with Crippen LogP contribution in [0, 0.1) is 6.92 Å². The fourth-order valence-electron chi connectivity index (χ4n) is 3.38. The summed E-state index contributed by atoms with van der Waals surface area (Å²) >= 11 is 0. The smallest absolute Gasteiger partial charge is 0.256 e. The van der Waals surface area contributed by atoms with Crippen LogP contribution in [-0.2, 0) is 7.05 Å². The third kappa shape index (κ3) is 2.98. The summed E-state index contributed by atoms with van der Waals surface area (Å²) in [5.74, 6) is 0.845. The van der Waals surface area contributed by atoms with Crippen LogP contribution in [0.3, 0.4) is 0 Å². The molecule has 4 rings (SSSR count). The van der Waals surface area contributed by atoms with E-state index >= 15 is 0 Å². The van der Waals surface area contributed by atoms with E-state index < -0.39 is 0 Å². The molecular weight excluding hydrogens is 324 g/mol. The summed E-state index contributed by atoms with van der Waals surface area (Å²) in [6, 6.07) is 10.0.